The maximum atomic E-state index is 12.5. The number of carbonyl (C=O) groups excluding carboxylic acids is 1. The van der Waals surface area contributed by atoms with Crippen LogP contribution < -0.4 is 5.32 Å². The van der Waals surface area contributed by atoms with Crippen LogP contribution in [0.25, 0.3) is 0 Å². The highest BCUT2D eigenvalue weighted by Gasteiger charge is 2.31. The average Bonchev–Trinajstić information content (AvgIpc) is 2.61. The Hall–Kier alpha value is -0.620. The fourth-order valence-electron chi connectivity index (χ4n) is 4.19. The van der Waals surface area contributed by atoms with Crippen LogP contribution >= 0.6 is 0 Å². The van der Waals surface area contributed by atoms with Crippen molar-refractivity contribution in [2.24, 2.45) is 11.8 Å². The van der Waals surface area contributed by atoms with Gasteiger partial charge >= 0.3 is 0 Å². The second kappa shape index (κ2) is 9.91. The third-order valence-corrected chi connectivity index (χ3v) is 7.92. The summed E-state index contributed by atoms with van der Waals surface area (Å²) < 4.78 is 25.8. The lowest BCUT2D eigenvalue weighted by molar-refractivity contribution is -0.127. The zero-order valence-electron chi connectivity index (χ0n) is 16.0. The van der Waals surface area contributed by atoms with Crippen LogP contribution in [0.15, 0.2) is 0 Å². The maximum Gasteiger partial charge on any atom is 0.223 e. The van der Waals surface area contributed by atoms with Crippen molar-refractivity contribution in [3.05, 3.63) is 0 Å². The summed E-state index contributed by atoms with van der Waals surface area (Å²) in [6.07, 6.45) is 10.4. The quantitative estimate of drug-likeness (QED) is 0.711. The molecule has 5 nitrogen and oxygen atoms in total. The average molecular weight is 373 g/mol. The smallest absolute Gasteiger partial charge is 0.223 e. The minimum absolute atomic E-state index is 0.137. The van der Waals surface area contributed by atoms with Crippen molar-refractivity contribution < 1.29 is 13.2 Å². The zero-order chi connectivity index (χ0) is 18.3. The maximum absolute atomic E-state index is 12.5. The normalized spacial score (nSPS) is 26.5. The molecule has 1 aliphatic heterocycles. The minimum atomic E-state index is -3.10. The highest BCUT2D eigenvalue weighted by atomic mass is 32.2. The molecule has 0 unspecified atom stereocenters. The van der Waals surface area contributed by atoms with E-state index in [0.29, 0.717) is 19.5 Å². The van der Waals surface area contributed by atoms with Gasteiger partial charge in [-0.1, -0.05) is 33.1 Å². The van der Waals surface area contributed by atoms with Crippen LogP contribution in [-0.4, -0.2) is 43.5 Å². The van der Waals surface area contributed by atoms with Crippen molar-refractivity contribution in [1.82, 2.24) is 9.62 Å². The predicted octanol–water partition coefficient (Wildman–Crippen LogP) is 3.30. The number of sulfonamides is 1. The molecular formula is C19H36N2O3S. The largest absolute Gasteiger partial charge is 0.353 e. The number of nitrogens with one attached hydrogen (secondary N) is 1. The van der Waals surface area contributed by atoms with Gasteiger partial charge in [0.05, 0.1) is 5.75 Å². The molecule has 1 aliphatic carbocycles. The third-order valence-electron chi connectivity index (χ3n) is 5.84. The van der Waals surface area contributed by atoms with Gasteiger partial charge in [-0.15, -0.1) is 0 Å². The van der Waals surface area contributed by atoms with Crippen LogP contribution in [0.3, 0.4) is 0 Å². The topological polar surface area (TPSA) is 66.5 Å². The van der Waals surface area contributed by atoms with Crippen molar-refractivity contribution in [1.29, 1.82) is 0 Å². The van der Waals surface area contributed by atoms with Crippen molar-refractivity contribution in [2.75, 3.05) is 18.8 Å². The molecule has 1 saturated carbocycles. The molecular weight excluding hydrogens is 336 g/mol. The molecule has 0 aromatic carbocycles. The highest BCUT2D eigenvalue weighted by molar-refractivity contribution is 7.89. The highest BCUT2D eigenvalue weighted by Crippen LogP contribution is 2.32. The number of hydrogen-bond donors (Lipinski definition) is 1. The summed E-state index contributed by atoms with van der Waals surface area (Å²) in [5.41, 5.74) is 0. The van der Waals surface area contributed by atoms with E-state index < -0.39 is 10.0 Å². The minimum Gasteiger partial charge on any atom is -0.353 e. The van der Waals surface area contributed by atoms with Gasteiger partial charge in [-0.05, 0) is 50.9 Å². The van der Waals surface area contributed by atoms with E-state index >= 15 is 0 Å². The van der Waals surface area contributed by atoms with Crippen molar-refractivity contribution in [2.45, 2.75) is 84.1 Å². The molecule has 2 fully saturated rings. The molecule has 0 spiro atoms. The SMILES string of the molecule is CCCCC1CCC(C(=O)NC2CCN(S(=O)(=O)CCC)CC2)CC1. The van der Waals surface area contributed by atoms with Gasteiger partial charge in [0.2, 0.25) is 15.9 Å². The number of piperidine rings is 1. The van der Waals surface area contributed by atoms with Crippen LogP contribution in [0.2, 0.25) is 0 Å². The number of rotatable bonds is 8. The standard InChI is InChI=1S/C19H36N2O3S/c1-3-5-6-16-7-9-17(10-8-16)19(22)20-18-11-13-21(14-12-18)25(23,24)15-4-2/h16-18H,3-15H2,1-2H3,(H,20,22). The number of unbranched alkanes of at least 4 members (excludes halogenated alkanes) is 1. The molecule has 25 heavy (non-hydrogen) atoms. The van der Waals surface area contributed by atoms with Gasteiger partial charge in [0.1, 0.15) is 0 Å². The Morgan fingerprint density at radius 2 is 1.64 bits per heavy atom. The number of carbonyl (C=O) groups is 1. The Morgan fingerprint density at radius 1 is 1.00 bits per heavy atom. The first-order valence-corrected chi connectivity index (χ1v) is 11.8. The lowest BCUT2D eigenvalue weighted by Crippen LogP contribution is -2.48. The lowest BCUT2D eigenvalue weighted by Gasteiger charge is -2.33. The number of nitrogens with zero attached hydrogens (tertiary/aromatic N) is 1. The van der Waals surface area contributed by atoms with Gasteiger partial charge < -0.3 is 5.32 Å². The van der Waals surface area contributed by atoms with Crippen molar-refractivity contribution in [3.63, 3.8) is 0 Å². The first kappa shape index (κ1) is 20.7. The van der Waals surface area contributed by atoms with Crippen LogP contribution in [0.1, 0.15) is 78.1 Å². The summed E-state index contributed by atoms with van der Waals surface area (Å²) in [5.74, 6) is 1.41. The van der Waals surface area contributed by atoms with E-state index in [9.17, 15) is 13.2 Å². The number of hydrogen-bond acceptors (Lipinski definition) is 3. The summed E-state index contributed by atoms with van der Waals surface area (Å²) in [6.45, 7) is 5.20. The molecule has 0 bridgehead atoms. The molecule has 146 valence electrons. The first-order chi connectivity index (χ1) is 12.0. The van der Waals surface area contributed by atoms with Crippen molar-refractivity contribution >= 4 is 15.9 Å². The van der Waals surface area contributed by atoms with Crippen LogP contribution in [0.5, 0.6) is 0 Å². The summed E-state index contributed by atoms with van der Waals surface area (Å²) in [7, 11) is -3.10. The molecule has 1 N–H and O–H groups in total. The molecule has 1 heterocycles. The Bertz CT molecular complexity index is 505. The van der Waals surface area contributed by atoms with E-state index in [0.717, 1.165) is 31.6 Å². The lowest BCUT2D eigenvalue weighted by atomic mass is 9.79. The summed E-state index contributed by atoms with van der Waals surface area (Å²) in [6, 6.07) is 0.137. The fourth-order valence-corrected chi connectivity index (χ4v) is 5.73. The molecule has 1 saturated heterocycles. The van der Waals surface area contributed by atoms with Crippen LogP contribution in [0, 0.1) is 11.8 Å². The Balaban J connectivity index is 1.71. The molecule has 0 radical (unpaired) electrons. The molecule has 2 aliphatic rings. The molecule has 0 aromatic heterocycles. The molecule has 0 atom stereocenters. The van der Waals surface area contributed by atoms with E-state index in [2.05, 4.69) is 12.2 Å². The first-order valence-electron chi connectivity index (χ1n) is 10.2. The van der Waals surface area contributed by atoms with E-state index in [1.165, 1.54) is 32.1 Å². The van der Waals surface area contributed by atoms with Gasteiger partial charge in [0.15, 0.2) is 0 Å². The summed E-state index contributed by atoms with van der Waals surface area (Å²) in [4.78, 5) is 12.5. The Kier molecular flexibility index (Phi) is 8.20. The van der Waals surface area contributed by atoms with E-state index in [4.69, 9.17) is 0 Å². The van der Waals surface area contributed by atoms with Gasteiger partial charge in [0.25, 0.3) is 0 Å². The monoisotopic (exact) mass is 372 g/mol. The van der Waals surface area contributed by atoms with Gasteiger partial charge in [-0.25, -0.2) is 12.7 Å². The fraction of sp³-hybridized carbons (Fsp3) is 0.947. The van der Waals surface area contributed by atoms with E-state index in [1.54, 1.807) is 4.31 Å². The van der Waals surface area contributed by atoms with Crippen molar-refractivity contribution in [3.8, 4) is 0 Å². The second-order valence-electron chi connectivity index (χ2n) is 7.86. The van der Waals surface area contributed by atoms with E-state index in [1.807, 2.05) is 6.92 Å². The summed E-state index contributed by atoms with van der Waals surface area (Å²) in [5, 5.41) is 3.19. The van der Waals surface area contributed by atoms with E-state index in [-0.39, 0.29) is 23.6 Å². The van der Waals surface area contributed by atoms with Crippen LogP contribution in [0.4, 0.5) is 0 Å². The number of amides is 1. The predicted molar refractivity (Wildman–Crippen MR) is 102 cm³/mol. The van der Waals surface area contributed by atoms with Gasteiger partial charge in [-0.2, -0.15) is 0 Å². The van der Waals surface area contributed by atoms with Crippen LogP contribution in [-0.2, 0) is 14.8 Å². The van der Waals surface area contributed by atoms with Gasteiger partial charge in [-0.3, -0.25) is 4.79 Å². The summed E-state index contributed by atoms with van der Waals surface area (Å²) >= 11 is 0. The zero-order valence-corrected chi connectivity index (χ0v) is 16.8. The third kappa shape index (κ3) is 6.24. The second-order valence-corrected chi connectivity index (χ2v) is 9.95. The Morgan fingerprint density at radius 3 is 2.20 bits per heavy atom. The molecule has 1 amide bonds. The molecule has 2 rings (SSSR count). The van der Waals surface area contributed by atoms with Gasteiger partial charge in [0, 0.05) is 25.0 Å². The molecule has 6 heteroatoms. The Labute approximate surface area is 154 Å². The molecule has 0 aromatic rings.